The predicted octanol–water partition coefficient (Wildman–Crippen LogP) is 1.77. The van der Waals surface area contributed by atoms with Gasteiger partial charge in [-0.1, -0.05) is 13.8 Å². The van der Waals surface area contributed by atoms with Gasteiger partial charge in [0.1, 0.15) is 0 Å². The van der Waals surface area contributed by atoms with E-state index in [1.807, 2.05) is 23.7 Å². The normalized spacial score (nSPS) is 27.8. The first-order valence-corrected chi connectivity index (χ1v) is 10.2. The van der Waals surface area contributed by atoms with Crippen molar-refractivity contribution < 1.29 is 9.59 Å². The zero-order chi connectivity index (χ0) is 20.2. The number of likely N-dealkylation sites (N-methyl/N-ethyl adjacent to an activating group) is 1. The van der Waals surface area contributed by atoms with Gasteiger partial charge in [0.05, 0.1) is 23.9 Å². The van der Waals surface area contributed by atoms with Crippen molar-refractivity contribution in [1.29, 1.82) is 5.26 Å². The van der Waals surface area contributed by atoms with Crippen LogP contribution in [0.3, 0.4) is 0 Å². The average molecular weight is 383 g/mol. The van der Waals surface area contributed by atoms with Gasteiger partial charge in [-0.2, -0.15) is 10.4 Å². The average Bonchev–Trinajstić information content (AvgIpc) is 3.30. The Morgan fingerprint density at radius 3 is 2.68 bits per heavy atom. The van der Waals surface area contributed by atoms with Gasteiger partial charge in [-0.3, -0.25) is 14.3 Å². The second-order valence-electron chi connectivity index (χ2n) is 9.32. The summed E-state index contributed by atoms with van der Waals surface area (Å²) in [6, 6.07) is 2.13. The van der Waals surface area contributed by atoms with Gasteiger partial charge < -0.3 is 9.80 Å². The van der Waals surface area contributed by atoms with E-state index in [-0.39, 0.29) is 35.1 Å². The first-order valence-electron chi connectivity index (χ1n) is 10.2. The van der Waals surface area contributed by atoms with Crippen LogP contribution in [0.25, 0.3) is 0 Å². The summed E-state index contributed by atoms with van der Waals surface area (Å²) in [5, 5.41) is 13.6. The van der Waals surface area contributed by atoms with Crippen molar-refractivity contribution in [3.8, 4) is 6.07 Å². The molecule has 3 atom stereocenters. The van der Waals surface area contributed by atoms with Gasteiger partial charge in [0.2, 0.25) is 5.91 Å². The van der Waals surface area contributed by atoms with Gasteiger partial charge in [0.25, 0.3) is 5.91 Å². The molecule has 1 aliphatic heterocycles. The molecule has 0 N–H and O–H groups in total. The van der Waals surface area contributed by atoms with E-state index in [1.165, 1.54) is 5.69 Å². The number of rotatable bonds is 3. The molecule has 1 aromatic rings. The Labute approximate surface area is 166 Å². The molecule has 0 aromatic carbocycles. The fourth-order valence-corrected chi connectivity index (χ4v) is 5.03. The first kappa shape index (κ1) is 19.0. The number of aromatic nitrogens is 2. The molecule has 2 fully saturated rings. The lowest BCUT2D eigenvalue weighted by Crippen LogP contribution is -2.46. The van der Waals surface area contributed by atoms with E-state index in [0.717, 1.165) is 31.2 Å². The van der Waals surface area contributed by atoms with E-state index < -0.39 is 0 Å². The van der Waals surface area contributed by atoms with E-state index >= 15 is 0 Å². The molecule has 7 nitrogen and oxygen atoms in total. The van der Waals surface area contributed by atoms with E-state index in [0.29, 0.717) is 25.2 Å². The summed E-state index contributed by atoms with van der Waals surface area (Å²) >= 11 is 0. The molecule has 1 unspecified atom stereocenters. The van der Waals surface area contributed by atoms with Gasteiger partial charge in [-0.15, -0.1) is 0 Å². The number of carbonyl (C=O) groups excluding carboxylic acids is 2. The minimum Gasteiger partial charge on any atom is -0.340 e. The second-order valence-corrected chi connectivity index (χ2v) is 9.32. The second kappa shape index (κ2) is 6.61. The number of hydrogen-bond donors (Lipinski definition) is 0. The maximum absolute atomic E-state index is 13.3. The quantitative estimate of drug-likeness (QED) is 0.796. The smallest absolute Gasteiger partial charge is 0.274 e. The van der Waals surface area contributed by atoms with Crippen molar-refractivity contribution in [3.05, 3.63) is 17.0 Å². The molecule has 0 radical (unpaired) electrons. The van der Waals surface area contributed by atoms with E-state index in [1.54, 1.807) is 4.90 Å². The summed E-state index contributed by atoms with van der Waals surface area (Å²) in [6.45, 7) is 5.36. The van der Waals surface area contributed by atoms with Crippen molar-refractivity contribution >= 4 is 11.8 Å². The standard InChI is InChI=1S/C21H29N5O2/c1-21(2)12-26(19(27)15-9-13(15)10-22)11-17(21)24(3)20(28)18-14-7-5-6-8-16(14)25(4)23-18/h13,15,17H,5-9,11-12H2,1-4H3/t13-,15+,17?/m0/s1. The van der Waals surface area contributed by atoms with Crippen LogP contribution in [0.4, 0.5) is 0 Å². The Morgan fingerprint density at radius 1 is 1.29 bits per heavy atom. The summed E-state index contributed by atoms with van der Waals surface area (Å²) < 4.78 is 1.86. The monoisotopic (exact) mass is 383 g/mol. The van der Waals surface area contributed by atoms with Gasteiger partial charge >= 0.3 is 0 Å². The molecule has 2 heterocycles. The summed E-state index contributed by atoms with van der Waals surface area (Å²) in [4.78, 5) is 29.7. The van der Waals surface area contributed by atoms with Crippen molar-refractivity contribution in [1.82, 2.24) is 19.6 Å². The highest BCUT2D eigenvalue weighted by atomic mass is 16.2. The van der Waals surface area contributed by atoms with Crippen LogP contribution in [0.2, 0.25) is 0 Å². The minimum absolute atomic E-state index is 0.0487. The fraction of sp³-hybridized carbons (Fsp3) is 0.714. The maximum atomic E-state index is 13.3. The van der Waals surface area contributed by atoms with E-state index in [9.17, 15) is 9.59 Å². The van der Waals surface area contributed by atoms with Gasteiger partial charge in [0, 0.05) is 43.9 Å². The highest BCUT2D eigenvalue weighted by Gasteiger charge is 2.51. The predicted molar refractivity (Wildman–Crippen MR) is 103 cm³/mol. The molecule has 4 rings (SSSR count). The van der Waals surface area contributed by atoms with Gasteiger partial charge in [-0.25, -0.2) is 0 Å². The molecule has 2 amide bonds. The lowest BCUT2D eigenvalue weighted by atomic mass is 9.86. The third kappa shape index (κ3) is 2.99. The van der Waals surface area contributed by atoms with Crippen LogP contribution in [0.15, 0.2) is 0 Å². The topological polar surface area (TPSA) is 82.2 Å². The number of fused-ring (bicyclic) bond motifs is 1. The molecule has 150 valence electrons. The Kier molecular flexibility index (Phi) is 4.48. The maximum Gasteiger partial charge on any atom is 0.274 e. The van der Waals surface area contributed by atoms with Crippen molar-refractivity contribution in [2.45, 2.75) is 52.0 Å². The molecular weight excluding hydrogens is 354 g/mol. The number of carbonyl (C=O) groups is 2. The number of nitriles is 1. The highest BCUT2D eigenvalue weighted by molar-refractivity contribution is 5.94. The summed E-state index contributed by atoms with van der Waals surface area (Å²) in [5.74, 6) is -0.261. The molecular formula is C21H29N5O2. The summed E-state index contributed by atoms with van der Waals surface area (Å²) in [6.07, 6.45) is 4.81. The lowest BCUT2D eigenvalue weighted by Gasteiger charge is -2.33. The first-order chi connectivity index (χ1) is 13.2. The van der Waals surface area contributed by atoms with Crippen LogP contribution in [-0.4, -0.2) is 57.6 Å². The van der Waals surface area contributed by atoms with E-state index in [4.69, 9.17) is 5.26 Å². The molecule has 2 aliphatic carbocycles. The summed E-state index contributed by atoms with van der Waals surface area (Å²) in [5.41, 5.74) is 2.66. The van der Waals surface area contributed by atoms with Crippen molar-refractivity contribution in [2.24, 2.45) is 24.3 Å². The molecule has 28 heavy (non-hydrogen) atoms. The van der Waals surface area contributed by atoms with Crippen LogP contribution in [0, 0.1) is 28.6 Å². The number of nitrogens with zero attached hydrogens (tertiary/aromatic N) is 5. The third-order valence-corrected chi connectivity index (χ3v) is 6.83. The Bertz CT molecular complexity index is 865. The zero-order valence-corrected chi connectivity index (χ0v) is 17.2. The van der Waals surface area contributed by atoms with Crippen LogP contribution in [0.1, 0.15) is 54.9 Å². The molecule has 1 saturated heterocycles. The Morgan fingerprint density at radius 2 is 2.00 bits per heavy atom. The number of hydrogen-bond acceptors (Lipinski definition) is 4. The van der Waals surface area contributed by atoms with Crippen molar-refractivity contribution in [2.75, 3.05) is 20.1 Å². The van der Waals surface area contributed by atoms with Crippen LogP contribution in [-0.2, 0) is 24.7 Å². The van der Waals surface area contributed by atoms with Gasteiger partial charge in [-0.05, 0) is 32.1 Å². The molecule has 7 heteroatoms. The number of aryl methyl sites for hydroxylation is 1. The van der Waals surface area contributed by atoms with E-state index in [2.05, 4.69) is 25.0 Å². The number of likely N-dealkylation sites (tertiary alicyclic amines) is 1. The minimum atomic E-state index is -0.202. The van der Waals surface area contributed by atoms with Crippen molar-refractivity contribution in [3.63, 3.8) is 0 Å². The van der Waals surface area contributed by atoms with Crippen LogP contribution >= 0.6 is 0 Å². The zero-order valence-electron chi connectivity index (χ0n) is 17.2. The molecule has 1 aromatic heterocycles. The summed E-state index contributed by atoms with van der Waals surface area (Å²) in [7, 11) is 3.75. The molecule has 0 bridgehead atoms. The molecule has 0 spiro atoms. The largest absolute Gasteiger partial charge is 0.340 e. The molecule has 1 saturated carbocycles. The van der Waals surface area contributed by atoms with Gasteiger partial charge in [0.15, 0.2) is 5.69 Å². The number of amides is 2. The SMILES string of the molecule is CN(C(=O)c1nn(C)c2c1CCCC2)C1CN(C(=O)[C@@H]2C[C@H]2C#N)CC1(C)C. The highest BCUT2D eigenvalue weighted by Crippen LogP contribution is 2.42. The fourth-order valence-electron chi connectivity index (χ4n) is 5.03. The Hall–Kier alpha value is -2.36. The van der Waals surface area contributed by atoms with Crippen LogP contribution in [0.5, 0.6) is 0 Å². The lowest BCUT2D eigenvalue weighted by molar-refractivity contribution is -0.132. The Balaban J connectivity index is 1.53. The van der Waals surface area contributed by atoms with Crippen LogP contribution < -0.4 is 0 Å². The molecule has 3 aliphatic rings. The third-order valence-electron chi connectivity index (χ3n) is 6.83.